The van der Waals surface area contributed by atoms with Crippen molar-refractivity contribution >= 4 is 6.03 Å². The predicted molar refractivity (Wildman–Crippen MR) is 73.1 cm³/mol. The number of carbonyl (C=O) groups is 1. The van der Waals surface area contributed by atoms with Crippen molar-refractivity contribution in [2.24, 2.45) is 5.92 Å². The molecule has 1 saturated heterocycles. The summed E-state index contributed by atoms with van der Waals surface area (Å²) < 4.78 is 5.26. The average Bonchev–Trinajstić information content (AvgIpc) is 2.83. The summed E-state index contributed by atoms with van der Waals surface area (Å²) in [5, 5.41) is 6.90. The molecule has 1 atom stereocenters. The molecule has 0 bridgehead atoms. The van der Waals surface area contributed by atoms with E-state index in [4.69, 9.17) is 4.52 Å². The van der Waals surface area contributed by atoms with Crippen LogP contribution >= 0.6 is 0 Å². The van der Waals surface area contributed by atoms with Crippen LogP contribution in [-0.4, -0.2) is 34.2 Å². The number of hydrogen-bond donors (Lipinski definition) is 1. The topological polar surface area (TPSA) is 71.3 Å². The van der Waals surface area contributed by atoms with Gasteiger partial charge in [0.05, 0.1) is 0 Å². The minimum Gasteiger partial charge on any atom is -0.338 e. The Kier molecular flexibility index (Phi) is 3.89. The highest BCUT2D eigenvalue weighted by molar-refractivity contribution is 5.74. The number of nitrogens with one attached hydrogen (secondary N) is 1. The number of aryl methyl sites for hydroxylation is 1. The van der Waals surface area contributed by atoms with Crippen molar-refractivity contribution in [2.75, 3.05) is 13.1 Å². The smallest absolute Gasteiger partial charge is 0.318 e. The Morgan fingerprint density at radius 1 is 1.35 bits per heavy atom. The van der Waals surface area contributed by atoms with Crippen molar-refractivity contribution in [1.82, 2.24) is 20.4 Å². The van der Waals surface area contributed by atoms with Gasteiger partial charge in [0.2, 0.25) is 5.89 Å². The Hall–Kier alpha value is -1.59. The highest BCUT2D eigenvalue weighted by atomic mass is 16.5. The molecule has 1 aliphatic heterocycles. The SMILES string of the molecule is Cc1noc(C2CCCCN2C(=O)NCC2CCC2)n1. The van der Waals surface area contributed by atoms with Gasteiger partial charge in [0, 0.05) is 13.1 Å². The minimum absolute atomic E-state index is 0.0115. The van der Waals surface area contributed by atoms with E-state index in [2.05, 4.69) is 15.5 Å². The molecular weight excluding hydrogens is 256 g/mol. The second kappa shape index (κ2) is 5.81. The van der Waals surface area contributed by atoms with Gasteiger partial charge in [0.1, 0.15) is 6.04 Å². The molecule has 20 heavy (non-hydrogen) atoms. The molecule has 1 aromatic rings. The van der Waals surface area contributed by atoms with Gasteiger partial charge in [-0.3, -0.25) is 0 Å². The van der Waals surface area contributed by atoms with E-state index in [9.17, 15) is 4.79 Å². The van der Waals surface area contributed by atoms with Gasteiger partial charge in [-0.1, -0.05) is 11.6 Å². The first-order valence-corrected chi connectivity index (χ1v) is 7.58. The van der Waals surface area contributed by atoms with Gasteiger partial charge >= 0.3 is 6.03 Å². The van der Waals surface area contributed by atoms with Crippen LogP contribution in [0.1, 0.15) is 56.3 Å². The van der Waals surface area contributed by atoms with E-state index in [1.165, 1.54) is 19.3 Å². The molecule has 1 aliphatic carbocycles. The van der Waals surface area contributed by atoms with Gasteiger partial charge in [-0.15, -0.1) is 0 Å². The van der Waals surface area contributed by atoms with E-state index in [0.717, 1.165) is 32.4 Å². The third kappa shape index (κ3) is 2.78. The zero-order chi connectivity index (χ0) is 13.9. The Labute approximate surface area is 118 Å². The standard InChI is InChI=1S/C14H22N4O2/c1-10-16-13(20-17-10)12-7-2-3-8-18(12)14(19)15-9-11-5-4-6-11/h11-12H,2-9H2,1H3,(H,15,19). The van der Waals surface area contributed by atoms with E-state index in [0.29, 0.717) is 17.6 Å². The van der Waals surface area contributed by atoms with Gasteiger partial charge in [0.25, 0.3) is 0 Å². The Balaban J connectivity index is 1.63. The lowest BCUT2D eigenvalue weighted by atomic mass is 9.85. The number of rotatable bonds is 3. The molecular formula is C14H22N4O2. The summed E-state index contributed by atoms with van der Waals surface area (Å²) in [5.74, 6) is 1.87. The van der Waals surface area contributed by atoms with Gasteiger partial charge in [-0.2, -0.15) is 4.98 Å². The molecule has 2 aliphatic rings. The molecule has 1 N–H and O–H groups in total. The van der Waals surface area contributed by atoms with E-state index >= 15 is 0 Å². The van der Waals surface area contributed by atoms with Crippen molar-refractivity contribution in [1.29, 1.82) is 0 Å². The summed E-state index contributed by atoms with van der Waals surface area (Å²) in [5.41, 5.74) is 0. The van der Waals surface area contributed by atoms with Crippen molar-refractivity contribution in [3.63, 3.8) is 0 Å². The Morgan fingerprint density at radius 3 is 2.85 bits per heavy atom. The van der Waals surface area contributed by atoms with Gasteiger partial charge in [-0.05, 0) is 44.9 Å². The zero-order valence-corrected chi connectivity index (χ0v) is 12.0. The van der Waals surface area contributed by atoms with Gasteiger partial charge < -0.3 is 14.7 Å². The summed E-state index contributed by atoms with van der Waals surface area (Å²) in [4.78, 5) is 18.5. The van der Waals surface area contributed by atoms with Crippen LogP contribution in [0.4, 0.5) is 4.79 Å². The second-order valence-electron chi connectivity index (χ2n) is 5.87. The van der Waals surface area contributed by atoms with E-state index in [1.54, 1.807) is 6.92 Å². The molecule has 1 aromatic heterocycles. The number of likely N-dealkylation sites (tertiary alicyclic amines) is 1. The fourth-order valence-corrected chi connectivity index (χ4v) is 2.91. The average molecular weight is 278 g/mol. The molecule has 110 valence electrons. The lowest BCUT2D eigenvalue weighted by Crippen LogP contribution is -2.46. The minimum atomic E-state index is -0.0636. The van der Waals surface area contributed by atoms with Crippen LogP contribution < -0.4 is 5.32 Å². The molecule has 1 unspecified atom stereocenters. The molecule has 0 aromatic carbocycles. The molecule has 2 fully saturated rings. The summed E-state index contributed by atoms with van der Waals surface area (Å²) in [7, 11) is 0. The van der Waals surface area contributed by atoms with Crippen molar-refractivity contribution < 1.29 is 9.32 Å². The number of piperidine rings is 1. The molecule has 0 radical (unpaired) electrons. The summed E-state index contributed by atoms with van der Waals surface area (Å²) in [6.07, 6.45) is 6.82. The largest absolute Gasteiger partial charge is 0.338 e. The molecule has 2 heterocycles. The molecule has 3 rings (SSSR count). The van der Waals surface area contributed by atoms with E-state index in [1.807, 2.05) is 4.90 Å². The Bertz CT molecular complexity index is 469. The van der Waals surface area contributed by atoms with Gasteiger partial charge in [-0.25, -0.2) is 4.79 Å². The second-order valence-corrected chi connectivity index (χ2v) is 5.87. The van der Waals surface area contributed by atoms with Crippen LogP contribution in [0.5, 0.6) is 0 Å². The first-order chi connectivity index (χ1) is 9.74. The number of urea groups is 1. The third-order valence-corrected chi connectivity index (χ3v) is 4.36. The van der Waals surface area contributed by atoms with Crippen LogP contribution in [0.15, 0.2) is 4.52 Å². The zero-order valence-electron chi connectivity index (χ0n) is 12.0. The van der Waals surface area contributed by atoms with Crippen molar-refractivity contribution in [3.05, 3.63) is 11.7 Å². The lowest BCUT2D eigenvalue weighted by Gasteiger charge is -2.34. The number of hydrogen-bond acceptors (Lipinski definition) is 4. The van der Waals surface area contributed by atoms with E-state index in [-0.39, 0.29) is 12.1 Å². The predicted octanol–water partition coefficient (Wildman–Crippen LogP) is 2.41. The van der Waals surface area contributed by atoms with Gasteiger partial charge in [0.15, 0.2) is 5.82 Å². The van der Waals surface area contributed by atoms with Crippen LogP contribution in [0, 0.1) is 12.8 Å². The third-order valence-electron chi connectivity index (χ3n) is 4.36. The number of amides is 2. The summed E-state index contributed by atoms with van der Waals surface area (Å²) in [6.45, 7) is 3.37. The van der Waals surface area contributed by atoms with Crippen LogP contribution in [0.2, 0.25) is 0 Å². The number of carbonyl (C=O) groups excluding carboxylic acids is 1. The summed E-state index contributed by atoms with van der Waals surface area (Å²) >= 11 is 0. The number of aromatic nitrogens is 2. The monoisotopic (exact) mass is 278 g/mol. The molecule has 6 nitrogen and oxygen atoms in total. The van der Waals surface area contributed by atoms with Crippen molar-refractivity contribution in [2.45, 2.75) is 51.5 Å². The Morgan fingerprint density at radius 2 is 2.20 bits per heavy atom. The van der Waals surface area contributed by atoms with Crippen LogP contribution in [-0.2, 0) is 0 Å². The molecule has 2 amide bonds. The quantitative estimate of drug-likeness (QED) is 0.921. The normalized spacial score (nSPS) is 23.4. The maximum absolute atomic E-state index is 12.4. The summed E-state index contributed by atoms with van der Waals surface area (Å²) in [6, 6.07) is -0.0520. The first-order valence-electron chi connectivity index (χ1n) is 7.58. The van der Waals surface area contributed by atoms with Crippen LogP contribution in [0.3, 0.4) is 0 Å². The fraction of sp³-hybridized carbons (Fsp3) is 0.786. The van der Waals surface area contributed by atoms with Crippen LogP contribution in [0.25, 0.3) is 0 Å². The van der Waals surface area contributed by atoms with E-state index < -0.39 is 0 Å². The lowest BCUT2D eigenvalue weighted by molar-refractivity contribution is 0.129. The number of nitrogens with zero attached hydrogens (tertiary/aromatic N) is 3. The molecule has 1 saturated carbocycles. The molecule has 6 heteroatoms. The maximum Gasteiger partial charge on any atom is 0.318 e. The van der Waals surface area contributed by atoms with Crippen molar-refractivity contribution in [3.8, 4) is 0 Å². The molecule has 0 spiro atoms. The maximum atomic E-state index is 12.4. The highest BCUT2D eigenvalue weighted by Gasteiger charge is 2.32. The fourth-order valence-electron chi connectivity index (χ4n) is 2.91. The first kappa shape index (κ1) is 13.4. The highest BCUT2D eigenvalue weighted by Crippen LogP contribution is 2.30.